The largest absolute Gasteiger partial charge is 0.383 e. The molecule has 0 unspecified atom stereocenters. The first-order chi connectivity index (χ1) is 17.7. The van der Waals surface area contributed by atoms with Gasteiger partial charge in [-0.25, -0.2) is 17.8 Å². The van der Waals surface area contributed by atoms with Gasteiger partial charge in [0.15, 0.2) is 15.7 Å². The summed E-state index contributed by atoms with van der Waals surface area (Å²) in [6.45, 7) is 6.18. The van der Waals surface area contributed by atoms with Gasteiger partial charge in [0.1, 0.15) is 11.3 Å². The molecule has 3 aromatic rings. The third-order valence-electron chi connectivity index (χ3n) is 8.19. The highest BCUT2D eigenvalue weighted by Gasteiger charge is 2.29. The number of sulfone groups is 1. The van der Waals surface area contributed by atoms with E-state index < -0.39 is 9.84 Å². The van der Waals surface area contributed by atoms with Gasteiger partial charge in [-0.3, -0.25) is 0 Å². The molecule has 5 rings (SSSR count). The number of hydrogen-bond acceptors (Lipinski definition) is 6. The lowest BCUT2D eigenvalue weighted by Crippen LogP contribution is -2.48. The molecular formula is C28H37FN4O3S. The average molecular weight is 529 g/mol. The molecule has 2 aliphatic rings. The molecule has 0 amide bonds. The quantitative estimate of drug-likeness (QED) is 0.461. The van der Waals surface area contributed by atoms with Crippen LogP contribution in [0.4, 0.5) is 4.39 Å². The number of halogens is 1. The van der Waals surface area contributed by atoms with Gasteiger partial charge < -0.3 is 19.1 Å². The Bertz CT molecular complexity index is 1340. The molecular weight excluding hydrogens is 491 g/mol. The minimum Gasteiger partial charge on any atom is -0.383 e. The third-order valence-corrected chi connectivity index (χ3v) is 9.32. The van der Waals surface area contributed by atoms with Crippen molar-refractivity contribution in [1.82, 2.24) is 19.4 Å². The molecule has 0 radical (unpaired) electrons. The van der Waals surface area contributed by atoms with Gasteiger partial charge in [0.2, 0.25) is 0 Å². The number of ether oxygens (including phenoxy) is 1. The van der Waals surface area contributed by atoms with E-state index in [9.17, 15) is 8.42 Å². The number of methoxy groups -OCH3 is 1. The van der Waals surface area contributed by atoms with Crippen LogP contribution in [-0.2, 0) is 21.6 Å². The minimum absolute atomic E-state index is 0.256. The Morgan fingerprint density at radius 2 is 1.70 bits per heavy atom. The zero-order valence-corrected chi connectivity index (χ0v) is 22.8. The van der Waals surface area contributed by atoms with Gasteiger partial charge >= 0.3 is 0 Å². The smallest absolute Gasteiger partial charge is 0.175 e. The minimum atomic E-state index is -3.28. The van der Waals surface area contributed by atoms with Crippen LogP contribution in [0.2, 0.25) is 0 Å². The molecule has 2 saturated heterocycles. The second kappa shape index (κ2) is 10.8. The van der Waals surface area contributed by atoms with E-state index in [1.54, 1.807) is 37.4 Å². The summed E-state index contributed by atoms with van der Waals surface area (Å²) < 4.78 is 46.0. The molecule has 0 aliphatic carbocycles. The number of likely N-dealkylation sites (tertiary alicyclic amines) is 2. The number of benzene rings is 2. The summed E-state index contributed by atoms with van der Waals surface area (Å²) in [6, 6.07) is 11.0. The van der Waals surface area contributed by atoms with Gasteiger partial charge in [0.25, 0.3) is 0 Å². The maximum Gasteiger partial charge on any atom is 0.175 e. The second-order valence-electron chi connectivity index (χ2n) is 10.5. The number of rotatable bonds is 7. The topological polar surface area (TPSA) is 67.7 Å². The standard InChI is InChI=1S/C28H37FN4O3S/c1-31-26-19-22(20-8-14-33(15-9-20)23-10-12-32(13-11-23)16-17-36-2)18-25(29)27(26)30-28(31)21-4-6-24(7-5-21)37(3,34)35/h4-7,18-20,23H,8-17H2,1-3H3. The van der Waals surface area contributed by atoms with Crippen LogP contribution in [0.3, 0.4) is 0 Å². The Labute approximate surface area is 219 Å². The van der Waals surface area contributed by atoms with Gasteiger partial charge in [-0.05, 0) is 99.7 Å². The molecule has 2 aromatic carbocycles. The highest BCUT2D eigenvalue weighted by atomic mass is 32.2. The summed E-state index contributed by atoms with van der Waals surface area (Å²) in [6.07, 6.45) is 5.67. The van der Waals surface area contributed by atoms with Crippen molar-refractivity contribution in [3.63, 3.8) is 0 Å². The van der Waals surface area contributed by atoms with Crippen LogP contribution < -0.4 is 0 Å². The van der Waals surface area contributed by atoms with Crippen LogP contribution in [0.5, 0.6) is 0 Å². The van der Waals surface area contributed by atoms with E-state index in [0.29, 0.717) is 23.3 Å². The molecule has 2 aliphatic heterocycles. The molecule has 1 aromatic heterocycles. The van der Waals surface area contributed by atoms with Gasteiger partial charge in [0, 0.05) is 38.6 Å². The summed E-state index contributed by atoms with van der Waals surface area (Å²) in [5, 5.41) is 0. The number of piperidine rings is 2. The molecule has 7 nitrogen and oxygen atoms in total. The summed E-state index contributed by atoms with van der Waals surface area (Å²) >= 11 is 0. The van der Waals surface area contributed by atoms with Gasteiger partial charge in [-0.15, -0.1) is 0 Å². The molecule has 3 heterocycles. The first kappa shape index (κ1) is 26.3. The van der Waals surface area contributed by atoms with E-state index >= 15 is 4.39 Å². The maximum atomic E-state index is 15.2. The molecule has 0 atom stereocenters. The second-order valence-corrected chi connectivity index (χ2v) is 12.6. The van der Waals surface area contributed by atoms with E-state index in [-0.39, 0.29) is 10.7 Å². The van der Waals surface area contributed by atoms with Crippen LogP contribution in [-0.4, -0.2) is 86.5 Å². The van der Waals surface area contributed by atoms with Crippen molar-refractivity contribution in [2.45, 2.75) is 42.5 Å². The van der Waals surface area contributed by atoms with Crippen molar-refractivity contribution in [2.75, 3.05) is 52.7 Å². The van der Waals surface area contributed by atoms with Gasteiger partial charge in [-0.1, -0.05) is 0 Å². The monoisotopic (exact) mass is 528 g/mol. The highest BCUT2D eigenvalue weighted by molar-refractivity contribution is 7.90. The summed E-state index contributed by atoms with van der Waals surface area (Å²) in [5.41, 5.74) is 2.92. The predicted octanol–water partition coefficient (Wildman–Crippen LogP) is 4.07. The number of fused-ring (bicyclic) bond motifs is 1. The van der Waals surface area contributed by atoms with Crippen molar-refractivity contribution < 1.29 is 17.5 Å². The van der Waals surface area contributed by atoms with Crippen LogP contribution in [0.25, 0.3) is 22.4 Å². The number of imidazole rings is 1. The first-order valence-electron chi connectivity index (χ1n) is 13.2. The Morgan fingerprint density at radius 3 is 2.32 bits per heavy atom. The van der Waals surface area contributed by atoms with Crippen LogP contribution in [0.1, 0.15) is 37.2 Å². The summed E-state index contributed by atoms with van der Waals surface area (Å²) in [4.78, 5) is 9.97. The van der Waals surface area contributed by atoms with Crippen LogP contribution in [0, 0.1) is 5.82 Å². The Balaban J connectivity index is 1.28. The fraction of sp³-hybridized carbons (Fsp3) is 0.536. The van der Waals surface area contributed by atoms with Crippen molar-refractivity contribution in [3.8, 4) is 11.4 Å². The maximum absolute atomic E-state index is 15.2. The number of aryl methyl sites for hydroxylation is 1. The molecule has 200 valence electrons. The molecule has 9 heteroatoms. The summed E-state index contributed by atoms with van der Waals surface area (Å²) in [7, 11) is 0.372. The molecule has 0 saturated carbocycles. The first-order valence-corrected chi connectivity index (χ1v) is 15.1. The fourth-order valence-corrected chi connectivity index (χ4v) is 6.57. The predicted molar refractivity (Wildman–Crippen MR) is 144 cm³/mol. The average Bonchev–Trinajstić information content (AvgIpc) is 3.24. The Kier molecular flexibility index (Phi) is 7.68. The molecule has 2 fully saturated rings. The number of aromatic nitrogens is 2. The van der Waals surface area contributed by atoms with Crippen molar-refractivity contribution >= 4 is 20.9 Å². The highest BCUT2D eigenvalue weighted by Crippen LogP contribution is 2.34. The molecule has 0 spiro atoms. The number of nitrogens with zero attached hydrogens (tertiary/aromatic N) is 4. The Morgan fingerprint density at radius 1 is 1.03 bits per heavy atom. The van der Waals surface area contributed by atoms with Crippen molar-refractivity contribution in [2.24, 2.45) is 7.05 Å². The SMILES string of the molecule is COCCN1CCC(N2CCC(c3cc(F)c4nc(-c5ccc(S(C)(=O)=O)cc5)n(C)c4c3)CC2)CC1. The van der Waals surface area contributed by atoms with Crippen molar-refractivity contribution in [1.29, 1.82) is 0 Å². The molecule has 37 heavy (non-hydrogen) atoms. The van der Waals surface area contributed by atoms with Gasteiger partial charge in [-0.2, -0.15) is 0 Å². The summed E-state index contributed by atoms with van der Waals surface area (Å²) in [5.74, 6) is 0.662. The molecule has 0 bridgehead atoms. The third kappa shape index (κ3) is 5.60. The molecule has 0 N–H and O–H groups in total. The van der Waals surface area contributed by atoms with Crippen molar-refractivity contribution in [3.05, 3.63) is 47.8 Å². The van der Waals surface area contributed by atoms with E-state index in [0.717, 1.165) is 68.8 Å². The lowest BCUT2D eigenvalue weighted by Gasteiger charge is -2.42. The number of hydrogen-bond donors (Lipinski definition) is 0. The van der Waals surface area contributed by atoms with E-state index in [1.807, 2.05) is 11.6 Å². The fourth-order valence-electron chi connectivity index (χ4n) is 5.94. The normalized spacial score (nSPS) is 19.1. The zero-order valence-electron chi connectivity index (χ0n) is 22.0. The van der Waals surface area contributed by atoms with E-state index in [2.05, 4.69) is 20.9 Å². The lowest BCUT2D eigenvalue weighted by atomic mass is 9.87. The zero-order chi connectivity index (χ0) is 26.2. The van der Waals surface area contributed by atoms with Crippen LogP contribution in [0.15, 0.2) is 41.3 Å². The Hall–Kier alpha value is -2.33. The van der Waals surface area contributed by atoms with Crippen LogP contribution >= 0.6 is 0 Å². The van der Waals surface area contributed by atoms with E-state index in [4.69, 9.17) is 4.74 Å². The van der Waals surface area contributed by atoms with Gasteiger partial charge in [0.05, 0.1) is 17.0 Å². The lowest BCUT2D eigenvalue weighted by molar-refractivity contribution is 0.0728. The van der Waals surface area contributed by atoms with E-state index in [1.165, 1.54) is 19.1 Å².